The molecular weight excluding hydrogens is 286 g/mol. The Hall–Kier alpha value is -1.58. The predicted octanol–water partition coefficient (Wildman–Crippen LogP) is 2.97. The van der Waals surface area contributed by atoms with Gasteiger partial charge in [0, 0.05) is 36.4 Å². The summed E-state index contributed by atoms with van der Waals surface area (Å²) in [7, 11) is 0. The monoisotopic (exact) mass is 309 g/mol. The SMILES string of the molecule is CCN(CCNCc1cc(C#N)cs1)C(=O)OC(C)(C)C. The Morgan fingerprint density at radius 1 is 1.52 bits per heavy atom. The number of likely N-dealkylation sites (N-methyl/N-ethyl adjacent to an activating group) is 1. The van der Waals surface area contributed by atoms with Crippen molar-refractivity contribution in [1.82, 2.24) is 10.2 Å². The lowest BCUT2D eigenvalue weighted by molar-refractivity contribution is 0.0262. The van der Waals surface area contributed by atoms with Gasteiger partial charge in [-0.1, -0.05) is 0 Å². The zero-order chi connectivity index (χ0) is 15.9. The lowest BCUT2D eigenvalue weighted by Gasteiger charge is -2.26. The predicted molar refractivity (Wildman–Crippen MR) is 84.2 cm³/mol. The summed E-state index contributed by atoms with van der Waals surface area (Å²) >= 11 is 1.56. The Bertz CT molecular complexity index is 500. The number of nitrogens with zero attached hydrogens (tertiary/aromatic N) is 2. The maximum Gasteiger partial charge on any atom is 0.410 e. The van der Waals surface area contributed by atoms with E-state index in [9.17, 15) is 4.79 Å². The third-order valence-corrected chi connectivity index (χ3v) is 3.61. The second kappa shape index (κ2) is 8.01. The van der Waals surface area contributed by atoms with Crippen LogP contribution in [-0.2, 0) is 11.3 Å². The van der Waals surface area contributed by atoms with Gasteiger partial charge >= 0.3 is 6.09 Å². The van der Waals surface area contributed by atoms with E-state index in [1.807, 2.05) is 39.1 Å². The molecule has 0 atom stereocenters. The first-order chi connectivity index (χ1) is 9.85. The number of hydrogen-bond donors (Lipinski definition) is 1. The summed E-state index contributed by atoms with van der Waals surface area (Å²) in [4.78, 5) is 14.7. The van der Waals surface area contributed by atoms with Crippen molar-refractivity contribution in [2.75, 3.05) is 19.6 Å². The highest BCUT2D eigenvalue weighted by molar-refractivity contribution is 7.10. The van der Waals surface area contributed by atoms with E-state index in [1.165, 1.54) is 0 Å². The van der Waals surface area contributed by atoms with Crippen molar-refractivity contribution in [3.63, 3.8) is 0 Å². The molecule has 1 N–H and O–H groups in total. The molecule has 5 nitrogen and oxygen atoms in total. The van der Waals surface area contributed by atoms with Gasteiger partial charge in [-0.2, -0.15) is 5.26 Å². The number of ether oxygens (including phenoxy) is 1. The van der Waals surface area contributed by atoms with Crippen molar-refractivity contribution < 1.29 is 9.53 Å². The summed E-state index contributed by atoms with van der Waals surface area (Å²) < 4.78 is 5.35. The van der Waals surface area contributed by atoms with E-state index in [4.69, 9.17) is 10.00 Å². The number of rotatable bonds is 6. The number of carbonyl (C=O) groups excluding carboxylic acids is 1. The van der Waals surface area contributed by atoms with E-state index in [2.05, 4.69) is 11.4 Å². The zero-order valence-corrected chi connectivity index (χ0v) is 13.9. The normalized spacial score (nSPS) is 11.0. The molecule has 0 unspecified atom stereocenters. The summed E-state index contributed by atoms with van der Waals surface area (Å²) in [6, 6.07) is 3.99. The van der Waals surface area contributed by atoms with Crippen molar-refractivity contribution in [1.29, 1.82) is 5.26 Å². The Morgan fingerprint density at radius 2 is 2.24 bits per heavy atom. The molecule has 0 fully saturated rings. The lowest BCUT2D eigenvalue weighted by atomic mass is 10.2. The average molecular weight is 309 g/mol. The molecule has 1 amide bonds. The highest BCUT2D eigenvalue weighted by Gasteiger charge is 2.20. The molecule has 0 aliphatic heterocycles. The molecule has 0 saturated heterocycles. The molecule has 0 radical (unpaired) electrons. The topological polar surface area (TPSA) is 65.4 Å². The molecule has 1 heterocycles. The molecule has 0 saturated carbocycles. The van der Waals surface area contributed by atoms with Gasteiger partial charge in [-0.25, -0.2) is 4.79 Å². The Balaban J connectivity index is 2.32. The van der Waals surface area contributed by atoms with Crippen molar-refractivity contribution in [2.24, 2.45) is 0 Å². The van der Waals surface area contributed by atoms with Crippen molar-refractivity contribution >= 4 is 17.4 Å². The number of amides is 1. The van der Waals surface area contributed by atoms with E-state index in [-0.39, 0.29) is 6.09 Å². The molecule has 0 bridgehead atoms. The van der Waals surface area contributed by atoms with Gasteiger partial charge in [0.2, 0.25) is 0 Å². The standard InChI is InChI=1S/C15H23N3O2S/c1-5-18(14(19)20-15(2,3)4)7-6-17-10-13-8-12(9-16)11-21-13/h8,11,17H,5-7,10H2,1-4H3. The molecule has 116 valence electrons. The fraction of sp³-hybridized carbons (Fsp3) is 0.600. The number of nitrogens with one attached hydrogen (secondary N) is 1. The molecule has 0 spiro atoms. The van der Waals surface area contributed by atoms with Crippen LogP contribution in [0.1, 0.15) is 38.1 Å². The van der Waals surface area contributed by atoms with Crippen molar-refractivity contribution in [3.8, 4) is 6.07 Å². The van der Waals surface area contributed by atoms with Crippen LogP contribution in [-0.4, -0.2) is 36.2 Å². The molecule has 0 aliphatic carbocycles. The molecule has 0 aliphatic rings. The minimum atomic E-state index is -0.470. The lowest BCUT2D eigenvalue weighted by Crippen LogP contribution is -2.40. The van der Waals surface area contributed by atoms with Crippen LogP contribution in [0.2, 0.25) is 0 Å². The fourth-order valence-electron chi connectivity index (χ4n) is 1.66. The minimum absolute atomic E-state index is 0.283. The summed E-state index contributed by atoms with van der Waals surface area (Å²) in [5.74, 6) is 0. The highest BCUT2D eigenvalue weighted by Crippen LogP contribution is 2.13. The second-order valence-corrected chi connectivity index (χ2v) is 6.65. The van der Waals surface area contributed by atoms with Crippen LogP contribution in [0, 0.1) is 11.3 Å². The summed E-state index contributed by atoms with van der Waals surface area (Å²) in [5, 5.41) is 13.9. The van der Waals surface area contributed by atoms with E-state index in [0.717, 1.165) is 4.88 Å². The molecule has 21 heavy (non-hydrogen) atoms. The van der Waals surface area contributed by atoms with Gasteiger partial charge in [0.15, 0.2) is 0 Å². The molecule has 1 aromatic heterocycles. The van der Waals surface area contributed by atoms with Gasteiger partial charge in [0.1, 0.15) is 11.7 Å². The van der Waals surface area contributed by atoms with Gasteiger partial charge in [-0.3, -0.25) is 0 Å². The molecule has 6 heteroatoms. The van der Waals surface area contributed by atoms with Crippen LogP contribution in [0.4, 0.5) is 4.79 Å². The Kier molecular flexibility index (Phi) is 6.66. The third-order valence-electron chi connectivity index (χ3n) is 2.67. The smallest absolute Gasteiger partial charge is 0.410 e. The van der Waals surface area contributed by atoms with Gasteiger partial charge < -0.3 is 15.0 Å². The molecular formula is C15H23N3O2S. The number of nitriles is 1. The summed E-state index contributed by atoms with van der Waals surface area (Å²) in [6.45, 7) is 10.1. The Labute approximate surface area is 130 Å². The fourth-order valence-corrected chi connectivity index (χ4v) is 2.44. The van der Waals surface area contributed by atoms with Gasteiger partial charge in [0.25, 0.3) is 0 Å². The van der Waals surface area contributed by atoms with E-state index in [1.54, 1.807) is 16.2 Å². The number of carbonyl (C=O) groups is 1. The summed E-state index contributed by atoms with van der Waals surface area (Å²) in [5.41, 5.74) is 0.225. The zero-order valence-electron chi connectivity index (χ0n) is 13.1. The van der Waals surface area contributed by atoms with Crippen LogP contribution >= 0.6 is 11.3 Å². The number of thiophene rings is 1. The first kappa shape index (κ1) is 17.5. The molecule has 1 aromatic rings. The van der Waals surface area contributed by atoms with Gasteiger partial charge in [-0.05, 0) is 33.8 Å². The van der Waals surface area contributed by atoms with Crippen LogP contribution in [0.25, 0.3) is 0 Å². The number of hydrogen-bond acceptors (Lipinski definition) is 5. The van der Waals surface area contributed by atoms with E-state index in [0.29, 0.717) is 31.7 Å². The maximum atomic E-state index is 11.9. The highest BCUT2D eigenvalue weighted by atomic mass is 32.1. The quantitative estimate of drug-likeness (QED) is 0.821. The van der Waals surface area contributed by atoms with Crippen molar-refractivity contribution in [2.45, 2.75) is 39.8 Å². The first-order valence-corrected chi connectivity index (χ1v) is 7.90. The van der Waals surface area contributed by atoms with Crippen LogP contribution in [0.5, 0.6) is 0 Å². The van der Waals surface area contributed by atoms with Crippen LogP contribution in [0.15, 0.2) is 11.4 Å². The largest absolute Gasteiger partial charge is 0.444 e. The van der Waals surface area contributed by atoms with E-state index < -0.39 is 5.60 Å². The second-order valence-electron chi connectivity index (χ2n) is 5.65. The minimum Gasteiger partial charge on any atom is -0.444 e. The van der Waals surface area contributed by atoms with Crippen LogP contribution in [0.3, 0.4) is 0 Å². The van der Waals surface area contributed by atoms with Gasteiger partial charge in [-0.15, -0.1) is 11.3 Å². The van der Waals surface area contributed by atoms with Crippen molar-refractivity contribution in [3.05, 3.63) is 21.9 Å². The van der Waals surface area contributed by atoms with Crippen LogP contribution < -0.4 is 5.32 Å². The first-order valence-electron chi connectivity index (χ1n) is 7.02. The average Bonchev–Trinajstić information content (AvgIpc) is 2.84. The van der Waals surface area contributed by atoms with E-state index >= 15 is 0 Å². The maximum absolute atomic E-state index is 11.9. The Morgan fingerprint density at radius 3 is 2.76 bits per heavy atom. The van der Waals surface area contributed by atoms with Gasteiger partial charge in [0.05, 0.1) is 5.56 Å². The summed E-state index contributed by atoms with van der Waals surface area (Å²) in [6.07, 6.45) is -0.283. The molecule has 0 aromatic carbocycles. The molecule has 1 rings (SSSR count). The third kappa shape index (κ3) is 6.61.